The van der Waals surface area contributed by atoms with Crippen molar-refractivity contribution in [3.63, 3.8) is 0 Å². The van der Waals surface area contributed by atoms with Gasteiger partial charge in [-0.05, 0) is 51.3 Å². The molecular formula is C16H24ClNO2. The lowest BCUT2D eigenvalue weighted by Crippen LogP contribution is -2.39. The molecule has 2 N–H and O–H groups in total. The first-order chi connectivity index (χ1) is 9.31. The first kappa shape index (κ1) is 15.8. The average molecular weight is 298 g/mol. The molecule has 1 aliphatic rings. The number of hydrogen-bond acceptors (Lipinski definition) is 3. The predicted molar refractivity (Wildman–Crippen MR) is 82.1 cm³/mol. The van der Waals surface area contributed by atoms with Crippen molar-refractivity contribution in [1.29, 1.82) is 0 Å². The van der Waals surface area contributed by atoms with Crippen molar-refractivity contribution in [1.82, 2.24) is 5.32 Å². The molecule has 0 radical (unpaired) electrons. The van der Waals surface area contributed by atoms with Crippen LogP contribution in [0, 0.1) is 0 Å². The lowest BCUT2D eigenvalue weighted by Gasteiger charge is -2.24. The molecule has 20 heavy (non-hydrogen) atoms. The molecule has 2 rings (SSSR count). The standard InChI is InChI=1S/C16H24ClNO2/c1-15(2,3)20-11-14(19)10-18-16(8-9-16)12-4-6-13(17)7-5-12/h4-7,14,18-19H,8-11H2,1-3H3. The third-order valence-corrected chi connectivity index (χ3v) is 3.78. The molecule has 1 saturated carbocycles. The maximum absolute atomic E-state index is 9.99. The topological polar surface area (TPSA) is 41.5 Å². The molecule has 1 aromatic rings. The Hall–Kier alpha value is -0.610. The molecule has 1 aliphatic carbocycles. The molecule has 0 aliphatic heterocycles. The summed E-state index contributed by atoms with van der Waals surface area (Å²) in [5.74, 6) is 0. The first-order valence-corrected chi connectivity index (χ1v) is 7.52. The van der Waals surface area contributed by atoms with Crippen molar-refractivity contribution in [2.24, 2.45) is 0 Å². The van der Waals surface area contributed by atoms with Crippen LogP contribution in [-0.2, 0) is 10.3 Å². The van der Waals surface area contributed by atoms with E-state index in [0.717, 1.165) is 17.9 Å². The van der Waals surface area contributed by atoms with E-state index in [2.05, 4.69) is 17.4 Å². The smallest absolute Gasteiger partial charge is 0.0898 e. The Balaban J connectivity index is 1.83. The maximum atomic E-state index is 9.99. The summed E-state index contributed by atoms with van der Waals surface area (Å²) in [5.41, 5.74) is 1.05. The SMILES string of the molecule is CC(C)(C)OCC(O)CNC1(c2ccc(Cl)cc2)CC1. The van der Waals surface area contributed by atoms with Crippen molar-refractivity contribution < 1.29 is 9.84 Å². The summed E-state index contributed by atoms with van der Waals surface area (Å²) in [7, 11) is 0. The minimum absolute atomic E-state index is 0.0211. The Kier molecular flexibility index (Phi) is 4.75. The number of aliphatic hydroxyl groups excluding tert-OH is 1. The third kappa shape index (κ3) is 4.45. The van der Waals surface area contributed by atoms with E-state index in [1.165, 1.54) is 5.56 Å². The third-order valence-electron chi connectivity index (χ3n) is 3.53. The largest absolute Gasteiger partial charge is 0.389 e. The van der Waals surface area contributed by atoms with Crippen LogP contribution in [-0.4, -0.2) is 30.0 Å². The monoisotopic (exact) mass is 297 g/mol. The van der Waals surface area contributed by atoms with Gasteiger partial charge in [0.15, 0.2) is 0 Å². The summed E-state index contributed by atoms with van der Waals surface area (Å²) in [6.07, 6.45) is 1.71. The van der Waals surface area contributed by atoms with Crippen molar-refractivity contribution in [2.45, 2.75) is 50.9 Å². The molecule has 0 saturated heterocycles. The van der Waals surface area contributed by atoms with Gasteiger partial charge in [0, 0.05) is 17.1 Å². The first-order valence-electron chi connectivity index (χ1n) is 7.14. The summed E-state index contributed by atoms with van der Waals surface area (Å²) < 4.78 is 5.59. The average Bonchev–Trinajstić information content (AvgIpc) is 3.15. The molecule has 0 aromatic heterocycles. The number of benzene rings is 1. The zero-order valence-corrected chi connectivity index (χ0v) is 13.2. The molecule has 3 nitrogen and oxygen atoms in total. The summed E-state index contributed by atoms with van der Waals surface area (Å²) in [6.45, 7) is 6.86. The molecular weight excluding hydrogens is 274 g/mol. The Labute approximate surface area is 126 Å². The second-order valence-electron chi connectivity index (χ2n) is 6.55. The van der Waals surface area contributed by atoms with Crippen LogP contribution in [0.3, 0.4) is 0 Å². The van der Waals surface area contributed by atoms with Crippen LogP contribution in [0.1, 0.15) is 39.2 Å². The van der Waals surface area contributed by atoms with E-state index in [1.807, 2.05) is 32.9 Å². The molecule has 0 bridgehead atoms. The van der Waals surface area contributed by atoms with Gasteiger partial charge in [-0.2, -0.15) is 0 Å². The van der Waals surface area contributed by atoms with E-state index in [0.29, 0.717) is 13.2 Å². The van der Waals surface area contributed by atoms with Gasteiger partial charge in [0.2, 0.25) is 0 Å². The van der Waals surface area contributed by atoms with Gasteiger partial charge in [-0.1, -0.05) is 23.7 Å². The van der Waals surface area contributed by atoms with E-state index in [1.54, 1.807) is 0 Å². The van der Waals surface area contributed by atoms with Crippen molar-refractivity contribution in [2.75, 3.05) is 13.2 Å². The minimum Gasteiger partial charge on any atom is -0.389 e. The molecule has 1 atom stereocenters. The van der Waals surface area contributed by atoms with Gasteiger partial charge < -0.3 is 15.2 Å². The Morgan fingerprint density at radius 1 is 1.30 bits per heavy atom. The van der Waals surface area contributed by atoms with Crippen molar-refractivity contribution in [3.05, 3.63) is 34.9 Å². The van der Waals surface area contributed by atoms with Gasteiger partial charge in [0.25, 0.3) is 0 Å². The van der Waals surface area contributed by atoms with Gasteiger partial charge in [-0.25, -0.2) is 0 Å². The van der Waals surface area contributed by atoms with E-state index in [-0.39, 0.29) is 11.1 Å². The maximum Gasteiger partial charge on any atom is 0.0898 e. The second kappa shape index (κ2) is 6.02. The fourth-order valence-electron chi connectivity index (χ4n) is 2.18. The quantitative estimate of drug-likeness (QED) is 0.848. The van der Waals surface area contributed by atoms with Crippen molar-refractivity contribution >= 4 is 11.6 Å². The second-order valence-corrected chi connectivity index (χ2v) is 6.98. The Morgan fingerprint density at radius 3 is 2.40 bits per heavy atom. The Bertz CT molecular complexity index is 435. The summed E-state index contributed by atoms with van der Waals surface area (Å²) in [4.78, 5) is 0. The molecule has 1 unspecified atom stereocenters. The highest BCUT2D eigenvalue weighted by Gasteiger charge is 2.43. The van der Waals surface area contributed by atoms with Gasteiger partial charge in [-0.15, -0.1) is 0 Å². The van der Waals surface area contributed by atoms with Gasteiger partial charge in [0.05, 0.1) is 18.3 Å². The molecule has 0 heterocycles. The van der Waals surface area contributed by atoms with Crippen LogP contribution in [0.25, 0.3) is 0 Å². The van der Waals surface area contributed by atoms with E-state index >= 15 is 0 Å². The fraction of sp³-hybridized carbons (Fsp3) is 0.625. The number of halogens is 1. The van der Waals surface area contributed by atoms with Gasteiger partial charge in [-0.3, -0.25) is 0 Å². The molecule has 0 spiro atoms. The fourth-order valence-corrected chi connectivity index (χ4v) is 2.31. The number of hydrogen-bond donors (Lipinski definition) is 2. The molecule has 0 amide bonds. The van der Waals surface area contributed by atoms with Gasteiger partial charge in [0.1, 0.15) is 0 Å². The molecule has 1 fully saturated rings. The van der Waals surface area contributed by atoms with Crippen LogP contribution < -0.4 is 5.32 Å². The van der Waals surface area contributed by atoms with Crippen LogP contribution in [0.5, 0.6) is 0 Å². The van der Waals surface area contributed by atoms with Gasteiger partial charge >= 0.3 is 0 Å². The van der Waals surface area contributed by atoms with Crippen LogP contribution in [0.4, 0.5) is 0 Å². The highest BCUT2D eigenvalue weighted by atomic mass is 35.5. The predicted octanol–water partition coefficient (Wildman–Crippen LogP) is 3.09. The highest BCUT2D eigenvalue weighted by Crippen LogP contribution is 2.45. The minimum atomic E-state index is -0.487. The lowest BCUT2D eigenvalue weighted by atomic mass is 10.0. The van der Waals surface area contributed by atoms with E-state index in [4.69, 9.17) is 16.3 Å². The Morgan fingerprint density at radius 2 is 1.90 bits per heavy atom. The van der Waals surface area contributed by atoms with E-state index in [9.17, 15) is 5.11 Å². The van der Waals surface area contributed by atoms with E-state index < -0.39 is 6.10 Å². The van der Waals surface area contributed by atoms with Crippen LogP contribution in [0.2, 0.25) is 5.02 Å². The summed E-state index contributed by atoms with van der Waals surface area (Å²) >= 11 is 5.92. The summed E-state index contributed by atoms with van der Waals surface area (Å²) in [5, 5.41) is 14.2. The van der Waals surface area contributed by atoms with Crippen LogP contribution >= 0.6 is 11.6 Å². The molecule has 4 heteroatoms. The van der Waals surface area contributed by atoms with Crippen LogP contribution in [0.15, 0.2) is 24.3 Å². The zero-order valence-electron chi connectivity index (χ0n) is 12.4. The lowest BCUT2D eigenvalue weighted by molar-refractivity contribution is -0.0486. The normalized spacial score (nSPS) is 18.9. The molecule has 1 aromatic carbocycles. The number of ether oxygens (including phenoxy) is 1. The number of aliphatic hydroxyl groups is 1. The molecule has 112 valence electrons. The number of rotatable bonds is 6. The number of nitrogens with one attached hydrogen (secondary N) is 1. The summed E-state index contributed by atoms with van der Waals surface area (Å²) in [6, 6.07) is 7.94. The highest BCUT2D eigenvalue weighted by molar-refractivity contribution is 6.30. The van der Waals surface area contributed by atoms with Crippen molar-refractivity contribution in [3.8, 4) is 0 Å². The zero-order chi connectivity index (χ0) is 14.8.